The van der Waals surface area contributed by atoms with Gasteiger partial charge < -0.3 is 14.8 Å². The lowest BCUT2D eigenvalue weighted by Crippen LogP contribution is -2.50. The average Bonchev–Trinajstić information content (AvgIpc) is 2.97. The van der Waals surface area contributed by atoms with Crippen LogP contribution in [-0.2, 0) is 11.3 Å². The van der Waals surface area contributed by atoms with Crippen LogP contribution in [0, 0.1) is 12.8 Å². The molecule has 3 unspecified atom stereocenters. The Morgan fingerprint density at radius 3 is 2.79 bits per heavy atom. The fraction of sp³-hybridized carbons (Fsp3) is 0.667. The number of aryl methyl sites for hydroxylation is 1. The molecule has 1 aromatic heterocycles. The van der Waals surface area contributed by atoms with Crippen LogP contribution in [0.3, 0.4) is 0 Å². The first-order valence-corrected chi connectivity index (χ1v) is 7.29. The molecule has 0 radical (unpaired) electrons. The molecule has 2 aliphatic rings. The largest absolute Gasteiger partial charge is 0.345 e. The van der Waals surface area contributed by atoms with Gasteiger partial charge in [0.1, 0.15) is 0 Å². The van der Waals surface area contributed by atoms with Crippen molar-refractivity contribution >= 4 is 5.91 Å². The van der Waals surface area contributed by atoms with Crippen molar-refractivity contribution in [1.29, 1.82) is 0 Å². The molecule has 0 spiro atoms. The van der Waals surface area contributed by atoms with Crippen LogP contribution >= 0.6 is 0 Å². The Balaban J connectivity index is 1.82. The van der Waals surface area contributed by atoms with E-state index in [0.29, 0.717) is 5.92 Å². The number of carbonyl (C=O) groups is 1. The maximum Gasteiger partial charge on any atom is 0.240 e. The maximum absolute atomic E-state index is 12.7. The first-order chi connectivity index (χ1) is 9.09. The van der Waals surface area contributed by atoms with Gasteiger partial charge in [-0.1, -0.05) is 6.92 Å². The van der Waals surface area contributed by atoms with Gasteiger partial charge in [-0.25, -0.2) is 0 Å². The fourth-order valence-corrected chi connectivity index (χ4v) is 3.47. The molecule has 104 valence electrons. The third kappa shape index (κ3) is 1.98. The SMILES string of the molecule is Cc1ccc2n1CCN(C(=O)C1NCCC1C)C2C. The molecule has 0 bridgehead atoms. The van der Waals surface area contributed by atoms with Gasteiger partial charge in [-0.3, -0.25) is 4.79 Å². The molecule has 3 rings (SSSR count). The molecule has 3 atom stereocenters. The number of nitrogens with one attached hydrogen (secondary N) is 1. The molecule has 0 saturated carbocycles. The predicted molar refractivity (Wildman–Crippen MR) is 74.9 cm³/mol. The molecule has 3 heterocycles. The summed E-state index contributed by atoms with van der Waals surface area (Å²) in [6.07, 6.45) is 1.11. The number of hydrogen-bond acceptors (Lipinski definition) is 2. The van der Waals surface area contributed by atoms with Gasteiger partial charge in [-0.05, 0) is 44.9 Å². The van der Waals surface area contributed by atoms with Crippen LogP contribution in [0.15, 0.2) is 12.1 Å². The topological polar surface area (TPSA) is 37.3 Å². The molecule has 1 aromatic rings. The minimum absolute atomic E-state index is 0.0186. The molecule has 19 heavy (non-hydrogen) atoms. The quantitative estimate of drug-likeness (QED) is 0.835. The van der Waals surface area contributed by atoms with Crippen LogP contribution in [0.4, 0.5) is 0 Å². The number of carbonyl (C=O) groups excluding carboxylic acids is 1. The van der Waals surface area contributed by atoms with E-state index in [9.17, 15) is 4.79 Å². The number of hydrogen-bond donors (Lipinski definition) is 1. The van der Waals surface area contributed by atoms with Crippen LogP contribution in [0.5, 0.6) is 0 Å². The standard InChI is InChI=1S/C15H23N3O/c1-10-6-7-16-14(10)15(19)18-9-8-17-11(2)4-5-13(17)12(18)3/h4-5,10,12,14,16H,6-9H2,1-3H3. The third-order valence-corrected chi connectivity index (χ3v) is 4.77. The lowest BCUT2D eigenvalue weighted by atomic mass is 10.0. The minimum Gasteiger partial charge on any atom is -0.345 e. The molecular formula is C15H23N3O. The summed E-state index contributed by atoms with van der Waals surface area (Å²) in [5.41, 5.74) is 2.56. The Morgan fingerprint density at radius 2 is 2.11 bits per heavy atom. The van der Waals surface area contributed by atoms with Crippen molar-refractivity contribution in [3.63, 3.8) is 0 Å². The number of fused-ring (bicyclic) bond motifs is 1. The van der Waals surface area contributed by atoms with Crippen molar-refractivity contribution < 1.29 is 4.79 Å². The van der Waals surface area contributed by atoms with Crippen LogP contribution in [0.2, 0.25) is 0 Å². The Bertz CT molecular complexity index is 494. The van der Waals surface area contributed by atoms with E-state index in [-0.39, 0.29) is 18.0 Å². The molecule has 1 fully saturated rings. The molecule has 0 aliphatic carbocycles. The molecule has 1 saturated heterocycles. The van der Waals surface area contributed by atoms with Crippen molar-refractivity contribution in [2.45, 2.75) is 45.8 Å². The van der Waals surface area contributed by atoms with Crippen molar-refractivity contribution in [1.82, 2.24) is 14.8 Å². The highest BCUT2D eigenvalue weighted by molar-refractivity contribution is 5.83. The van der Waals surface area contributed by atoms with Gasteiger partial charge in [0.15, 0.2) is 0 Å². The van der Waals surface area contributed by atoms with Crippen molar-refractivity contribution in [3.05, 3.63) is 23.5 Å². The zero-order valence-electron chi connectivity index (χ0n) is 12.0. The molecule has 4 heteroatoms. The Kier molecular flexibility index (Phi) is 3.13. The lowest BCUT2D eigenvalue weighted by Gasteiger charge is -2.37. The van der Waals surface area contributed by atoms with Gasteiger partial charge in [0.25, 0.3) is 0 Å². The molecule has 0 aromatic carbocycles. The zero-order chi connectivity index (χ0) is 13.6. The second-order valence-corrected chi connectivity index (χ2v) is 5.96. The highest BCUT2D eigenvalue weighted by Gasteiger charge is 2.36. The second-order valence-electron chi connectivity index (χ2n) is 5.96. The fourth-order valence-electron chi connectivity index (χ4n) is 3.47. The van der Waals surface area contributed by atoms with Crippen molar-refractivity contribution in [2.75, 3.05) is 13.1 Å². The Labute approximate surface area is 114 Å². The summed E-state index contributed by atoms with van der Waals surface area (Å²) in [7, 11) is 0. The second kappa shape index (κ2) is 4.67. The van der Waals surface area contributed by atoms with Gasteiger partial charge in [0.05, 0.1) is 12.1 Å². The highest BCUT2D eigenvalue weighted by atomic mass is 16.2. The third-order valence-electron chi connectivity index (χ3n) is 4.77. The predicted octanol–water partition coefficient (Wildman–Crippen LogP) is 1.70. The minimum atomic E-state index is 0.0186. The van der Waals surface area contributed by atoms with Gasteiger partial charge in [0.2, 0.25) is 5.91 Å². The van der Waals surface area contributed by atoms with E-state index in [2.05, 4.69) is 42.8 Å². The smallest absolute Gasteiger partial charge is 0.240 e. The summed E-state index contributed by atoms with van der Waals surface area (Å²) in [5.74, 6) is 0.734. The Morgan fingerprint density at radius 1 is 1.32 bits per heavy atom. The molecular weight excluding hydrogens is 238 g/mol. The van der Waals surface area contributed by atoms with E-state index in [1.807, 2.05) is 4.90 Å². The van der Waals surface area contributed by atoms with E-state index in [1.54, 1.807) is 0 Å². The summed E-state index contributed by atoms with van der Waals surface area (Å²) < 4.78 is 2.33. The molecule has 1 amide bonds. The number of nitrogens with zero attached hydrogens (tertiary/aromatic N) is 2. The number of rotatable bonds is 1. The zero-order valence-corrected chi connectivity index (χ0v) is 12.0. The van der Waals surface area contributed by atoms with Gasteiger partial charge in [-0.15, -0.1) is 0 Å². The normalized spacial score (nSPS) is 30.5. The van der Waals surface area contributed by atoms with Crippen LogP contribution < -0.4 is 5.32 Å². The van der Waals surface area contributed by atoms with Gasteiger partial charge in [0, 0.05) is 24.5 Å². The van der Waals surface area contributed by atoms with Crippen LogP contribution in [0.25, 0.3) is 0 Å². The van der Waals surface area contributed by atoms with Crippen LogP contribution in [-0.4, -0.2) is 34.5 Å². The van der Waals surface area contributed by atoms with Gasteiger partial charge in [-0.2, -0.15) is 0 Å². The molecule has 2 aliphatic heterocycles. The number of amides is 1. The number of aromatic nitrogens is 1. The van der Waals surface area contributed by atoms with Crippen molar-refractivity contribution in [2.24, 2.45) is 5.92 Å². The highest BCUT2D eigenvalue weighted by Crippen LogP contribution is 2.29. The summed E-state index contributed by atoms with van der Waals surface area (Å²) in [6, 6.07) is 4.51. The summed E-state index contributed by atoms with van der Waals surface area (Å²) in [5, 5.41) is 3.36. The Hall–Kier alpha value is -1.29. The van der Waals surface area contributed by atoms with E-state index in [4.69, 9.17) is 0 Å². The molecule has 1 N–H and O–H groups in total. The maximum atomic E-state index is 12.7. The monoisotopic (exact) mass is 261 g/mol. The first kappa shape index (κ1) is 12.7. The molecule has 4 nitrogen and oxygen atoms in total. The summed E-state index contributed by atoms with van der Waals surface area (Å²) in [4.78, 5) is 14.7. The summed E-state index contributed by atoms with van der Waals surface area (Å²) >= 11 is 0. The van der Waals surface area contributed by atoms with Crippen LogP contribution in [0.1, 0.15) is 37.7 Å². The first-order valence-electron chi connectivity index (χ1n) is 7.29. The van der Waals surface area contributed by atoms with E-state index >= 15 is 0 Å². The lowest BCUT2D eigenvalue weighted by molar-refractivity contribution is -0.137. The van der Waals surface area contributed by atoms with E-state index in [0.717, 1.165) is 26.1 Å². The van der Waals surface area contributed by atoms with Gasteiger partial charge >= 0.3 is 0 Å². The summed E-state index contributed by atoms with van der Waals surface area (Å²) in [6.45, 7) is 9.16. The van der Waals surface area contributed by atoms with Crippen molar-refractivity contribution in [3.8, 4) is 0 Å². The van der Waals surface area contributed by atoms with E-state index in [1.165, 1.54) is 11.4 Å². The average molecular weight is 261 g/mol. The van der Waals surface area contributed by atoms with E-state index < -0.39 is 0 Å².